The Hall–Kier alpha value is -4.51. The maximum absolute atomic E-state index is 13.9. The number of fused-ring (bicyclic) bond motifs is 4. The van der Waals surface area contributed by atoms with Crippen molar-refractivity contribution < 1.29 is 14.3 Å². The molecule has 0 N–H and O–H groups in total. The van der Waals surface area contributed by atoms with Crippen molar-refractivity contribution in [2.45, 2.75) is 13.0 Å². The van der Waals surface area contributed by atoms with Gasteiger partial charge in [0.25, 0.3) is 5.91 Å². The molecule has 6 rings (SSSR count). The van der Waals surface area contributed by atoms with Crippen LogP contribution in [0.25, 0.3) is 27.5 Å². The van der Waals surface area contributed by atoms with Crippen molar-refractivity contribution in [1.29, 1.82) is 0 Å². The van der Waals surface area contributed by atoms with E-state index in [1.807, 2.05) is 23.1 Å². The van der Waals surface area contributed by atoms with Crippen LogP contribution in [0.4, 0.5) is 5.69 Å². The summed E-state index contributed by atoms with van der Waals surface area (Å²) in [5.41, 5.74) is 5.80. The third-order valence-corrected chi connectivity index (χ3v) is 6.92. The molecule has 1 aliphatic heterocycles. The standard InChI is InChI=1S/C31H26N2O3/c1-20-18-28(33-25-13-7-4-10-22(25)23-11-5-8-14-26(23)33)24-12-6-9-15-27(24)32(20)31(34)21-16-17-29(35-2)30(19-21)36-3/h4-20H,1-3H3. The first-order chi connectivity index (χ1) is 17.6. The van der Waals surface area contributed by atoms with Crippen LogP contribution in [0, 0.1) is 0 Å². The number of carbonyl (C=O) groups is 1. The second-order valence-electron chi connectivity index (χ2n) is 8.92. The van der Waals surface area contributed by atoms with Crippen molar-refractivity contribution in [3.63, 3.8) is 0 Å². The number of rotatable bonds is 4. The lowest BCUT2D eigenvalue weighted by Gasteiger charge is -2.35. The predicted octanol–water partition coefficient (Wildman–Crippen LogP) is 6.75. The normalized spacial score (nSPS) is 15.0. The number of hydrogen-bond acceptors (Lipinski definition) is 3. The van der Waals surface area contributed by atoms with Gasteiger partial charge in [-0.15, -0.1) is 0 Å². The van der Waals surface area contributed by atoms with E-state index in [9.17, 15) is 4.79 Å². The van der Waals surface area contributed by atoms with Gasteiger partial charge in [0.15, 0.2) is 11.5 Å². The lowest BCUT2D eigenvalue weighted by Crippen LogP contribution is -2.40. The maximum Gasteiger partial charge on any atom is 0.258 e. The maximum atomic E-state index is 13.9. The summed E-state index contributed by atoms with van der Waals surface area (Å²) in [4.78, 5) is 15.7. The van der Waals surface area contributed by atoms with Gasteiger partial charge in [0.2, 0.25) is 0 Å². The average Bonchev–Trinajstić information content (AvgIpc) is 3.26. The van der Waals surface area contributed by atoms with E-state index < -0.39 is 0 Å². The molecule has 2 heterocycles. The molecule has 178 valence electrons. The number of anilines is 1. The molecule has 4 aromatic carbocycles. The Labute approximate surface area is 209 Å². The lowest BCUT2D eigenvalue weighted by atomic mass is 9.98. The Morgan fingerprint density at radius 2 is 1.36 bits per heavy atom. The van der Waals surface area contributed by atoms with Crippen molar-refractivity contribution in [2.75, 3.05) is 19.1 Å². The van der Waals surface area contributed by atoms with Gasteiger partial charge in [-0.1, -0.05) is 54.6 Å². The van der Waals surface area contributed by atoms with Crippen molar-refractivity contribution in [3.8, 4) is 11.5 Å². The summed E-state index contributed by atoms with van der Waals surface area (Å²) in [7, 11) is 3.16. The predicted molar refractivity (Wildman–Crippen MR) is 145 cm³/mol. The van der Waals surface area contributed by atoms with Crippen molar-refractivity contribution in [1.82, 2.24) is 4.57 Å². The van der Waals surface area contributed by atoms with E-state index in [1.165, 1.54) is 10.8 Å². The monoisotopic (exact) mass is 474 g/mol. The highest BCUT2D eigenvalue weighted by Gasteiger charge is 2.31. The van der Waals surface area contributed by atoms with Crippen LogP contribution in [0.5, 0.6) is 11.5 Å². The summed E-state index contributed by atoms with van der Waals surface area (Å²) in [5, 5.41) is 2.42. The van der Waals surface area contributed by atoms with E-state index in [0.717, 1.165) is 28.0 Å². The van der Waals surface area contributed by atoms with Gasteiger partial charge < -0.3 is 18.9 Å². The number of hydrogen-bond donors (Lipinski definition) is 0. The van der Waals surface area contributed by atoms with Gasteiger partial charge >= 0.3 is 0 Å². The molecule has 1 aromatic heterocycles. The summed E-state index contributed by atoms with van der Waals surface area (Å²) in [6, 6.07) is 30.2. The van der Waals surface area contributed by atoms with Crippen molar-refractivity contribution in [2.24, 2.45) is 0 Å². The highest BCUT2D eigenvalue weighted by atomic mass is 16.5. The second-order valence-corrected chi connectivity index (χ2v) is 8.92. The zero-order valence-electron chi connectivity index (χ0n) is 20.4. The summed E-state index contributed by atoms with van der Waals surface area (Å²) >= 11 is 0. The summed E-state index contributed by atoms with van der Waals surface area (Å²) in [6.07, 6.45) is 2.18. The number of nitrogens with zero attached hydrogens (tertiary/aromatic N) is 2. The second kappa shape index (κ2) is 8.61. The minimum absolute atomic E-state index is 0.0894. The molecule has 5 heteroatoms. The topological polar surface area (TPSA) is 43.7 Å². The molecular weight excluding hydrogens is 448 g/mol. The fourth-order valence-electron chi connectivity index (χ4n) is 5.29. The van der Waals surface area contributed by atoms with E-state index in [0.29, 0.717) is 17.1 Å². The van der Waals surface area contributed by atoms with Gasteiger partial charge in [-0.05, 0) is 49.4 Å². The molecule has 0 radical (unpaired) electrons. The number of ether oxygens (including phenoxy) is 2. The Morgan fingerprint density at radius 3 is 2.03 bits per heavy atom. The Kier molecular flexibility index (Phi) is 5.26. The third kappa shape index (κ3) is 3.28. The Morgan fingerprint density at radius 1 is 0.750 bits per heavy atom. The number of benzene rings is 4. The smallest absolute Gasteiger partial charge is 0.258 e. The molecule has 5 aromatic rings. The number of aromatic nitrogens is 1. The van der Waals surface area contributed by atoms with Crippen LogP contribution in [0.2, 0.25) is 0 Å². The zero-order chi connectivity index (χ0) is 24.8. The van der Waals surface area contributed by atoms with Crippen LogP contribution in [0.3, 0.4) is 0 Å². The molecular formula is C31H26N2O3. The van der Waals surface area contributed by atoms with Crippen molar-refractivity contribution in [3.05, 3.63) is 108 Å². The van der Waals surface area contributed by atoms with Gasteiger partial charge in [0.05, 0.1) is 42.7 Å². The number of para-hydroxylation sites is 3. The highest BCUT2D eigenvalue weighted by molar-refractivity contribution is 6.13. The Balaban J connectivity index is 1.52. The summed E-state index contributed by atoms with van der Waals surface area (Å²) in [5.74, 6) is 1.03. The quantitative estimate of drug-likeness (QED) is 0.289. The van der Waals surface area contributed by atoms with Gasteiger partial charge in [-0.2, -0.15) is 0 Å². The van der Waals surface area contributed by atoms with Crippen LogP contribution < -0.4 is 14.4 Å². The fraction of sp³-hybridized carbons (Fsp3) is 0.129. The van der Waals surface area contributed by atoms with Gasteiger partial charge in [0, 0.05) is 21.9 Å². The first kappa shape index (κ1) is 22.0. The number of amides is 1. The largest absolute Gasteiger partial charge is 0.493 e. The molecule has 0 aliphatic carbocycles. The molecule has 0 saturated heterocycles. The SMILES string of the molecule is COc1ccc(C(=O)N2c3ccccc3C(n3c4ccccc4c4ccccc43)=CC2C)cc1OC. The van der Waals surface area contributed by atoms with Gasteiger partial charge in [-0.25, -0.2) is 0 Å². The third-order valence-electron chi connectivity index (χ3n) is 6.92. The molecule has 0 spiro atoms. The zero-order valence-corrected chi connectivity index (χ0v) is 20.4. The van der Waals surface area contributed by atoms with E-state index >= 15 is 0 Å². The molecule has 0 bridgehead atoms. The van der Waals surface area contributed by atoms with Crippen LogP contribution in [0.1, 0.15) is 22.8 Å². The van der Waals surface area contributed by atoms with Crippen LogP contribution in [-0.4, -0.2) is 30.7 Å². The van der Waals surface area contributed by atoms with E-state index in [4.69, 9.17) is 9.47 Å². The molecule has 1 aliphatic rings. The fourth-order valence-corrected chi connectivity index (χ4v) is 5.29. The van der Waals surface area contributed by atoms with Crippen molar-refractivity contribution >= 4 is 39.1 Å². The molecule has 0 fully saturated rings. The average molecular weight is 475 g/mol. The van der Waals surface area contributed by atoms with E-state index in [2.05, 4.69) is 72.2 Å². The minimum atomic E-state index is -0.171. The van der Waals surface area contributed by atoms with Gasteiger partial charge in [0.1, 0.15) is 0 Å². The molecule has 36 heavy (non-hydrogen) atoms. The van der Waals surface area contributed by atoms with E-state index in [-0.39, 0.29) is 11.9 Å². The summed E-state index contributed by atoms with van der Waals surface area (Å²) in [6.45, 7) is 2.06. The summed E-state index contributed by atoms with van der Waals surface area (Å²) < 4.78 is 13.1. The van der Waals surface area contributed by atoms with Crippen LogP contribution in [0.15, 0.2) is 97.1 Å². The first-order valence-corrected chi connectivity index (χ1v) is 12.0. The minimum Gasteiger partial charge on any atom is -0.493 e. The number of carbonyl (C=O) groups excluding carboxylic acids is 1. The van der Waals surface area contributed by atoms with E-state index in [1.54, 1.807) is 32.4 Å². The van der Waals surface area contributed by atoms with Crippen LogP contribution >= 0.6 is 0 Å². The first-order valence-electron chi connectivity index (χ1n) is 12.0. The number of methoxy groups -OCH3 is 2. The Bertz CT molecular complexity index is 1610. The highest BCUT2D eigenvalue weighted by Crippen LogP contribution is 2.41. The molecule has 1 amide bonds. The van der Waals surface area contributed by atoms with Gasteiger partial charge in [-0.3, -0.25) is 4.79 Å². The lowest BCUT2D eigenvalue weighted by molar-refractivity contribution is 0.0982. The molecule has 1 unspecified atom stereocenters. The molecule has 0 saturated carbocycles. The van der Waals surface area contributed by atoms with Crippen LogP contribution in [-0.2, 0) is 0 Å². The molecule has 5 nitrogen and oxygen atoms in total. The molecule has 1 atom stereocenters.